The molecule has 53 heavy (non-hydrogen) atoms. The molecular formula is C38H50N6O8S. The van der Waals surface area contributed by atoms with E-state index in [2.05, 4.69) is 22.5 Å². The SMILES string of the molecule is C=C[C@H]1CC1(NC(=O)[C@@H]1C[C@@H](Oc2cc(-c3csc(NC(C)C)n3)nc3cc(OC)ccc23)CN1C(=O)[C@@H](NC(=O)OC(C)(C)C)C(C)(C)C)C(=O)O. The van der Waals surface area contributed by atoms with Gasteiger partial charge in [0.05, 0.1) is 24.9 Å². The van der Waals surface area contributed by atoms with Gasteiger partial charge in [-0.3, -0.25) is 9.59 Å². The van der Waals surface area contributed by atoms with Gasteiger partial charge in [0, 0.05) is 41.3 Å². The summed E-state index contributed by atoms with van der Waals surface area (Å²) in [6, 6.07) is 5.16. The summed E-state index contributed by atoms with van der Waals surface area (Å²) in [5.41, 5.74) is -1.36. The molecule has 14 nitrogen and oxygen atoms in total. The zero-order valence-corrected chi connectivity index (χ0v) is 32.6. The Labute approximate surface area is 313 Å². The van der Waals surface area contributed by atoms with Crippen molar-refractivity contribution in [2.45, 2.75) is 104 Å². The summed E-state index contributed by atoms with van der Waals surface area (Å²) in [7, 11) is 1.57. The number of methoxy groups -OCH3 is 1. The highest BCUT2D eigenvalue weighted by Gasteiger charge is 2.61. The predicted molar refractivity (Wildman–Crippen MR) is 202 cm³/mol. The first-order valence-electron chi connectivity index (χ1n) is 17.6. The van der Waals surface area contributed by atoms with E-state index in [1.165, 1.54) is 22.3 Å². The standard InChI is InChI=1S/C38H50N6O8S/c1-11-21-17-38(21,33(47)48)43-31(45)28-15-23(18-44(28)32(46)30(36(4,5)6)42-35(49)52-37(7,8)9)51-29-16-26(27-19-53-34(41-27)39-20(2)3)40-25-14-22(50-10)12-13-24(25)29/h11-14,16,19-21,23,28,30H,1,15,17-18H2,2-10H3,(H,39,41)(H,42,49)(H,43,45)(H,47,48)/t21-,23+,28-,30+,38?/m0/s1. The number of carbonyl (C=O) groups excluding carboxylic acids is 3. The van der Waals surface area contributed by atoms with Crippen molar-refractivity contribution in [1.82, 2.24) is 25.5 Å². The van der Waals surface area contributed by atoms with Gasteiger partial charge in [-0.25, -0.2) is 19.6 Å². The average Bonchev–Trinajstić information content (AvgIpc) is 3.34. The summed E-state index contributed by atoms with van der Waals surface area (Å²) in [6.45, 7) is 18.3. The molecule has 1 aliphatic heterocycles. The highest BCUT2D eigenvalue weighted by atomic mass is 32.1. The van der Waals surface area contributed by atoms with Crippen molar-refractivity contribution < 1.29 is 38.5 Å². The van der Waals surface area contributed by atoms with Crippen LogP contribution in [0.1, 0.15) is 68.2 Å². The van der Waals surface area contributed by atoms with Gasteiger partial charge in [-0.1, -0.05) is 26.8 Å². The fourth-order valence-corrected chi connectivity index (χ4v) is 7.20. The number of nitrogens with one attached hydrogen (secondary N) is 3. The molecule has 3 aromatic rings. The van der Waals surface area contributed by atoms with Gasteiger partial charge in [0.1, 0.15) is 46.5 Å². The van der Waals surface area contributed by atoms with E-state index in [9.17, 15) is 24.3 Å². The number of ether oxygens (including phenoxy) is 3. The smallest absolute Gasteiger partial charge is 0.408 e. The van der Waals surface area contributed by atoms with Crippen LogP contribution < -0.4 is 25.4 Å². The van der Waals surface area contributed by atoms with Crippen LogP contribution in [-0.2, 0) is 19.1 Å². The van der Waals surface area contributed by atoms with Crippen molar-refractivity contribution in [3.8, 4) is 22.9 Å². The molecular weight excluding hydrogens is 701 g/mol. The molecule has 1 saturated carbocycles. The van der Waals surface area contributed by atoms with E-state index in [4.69, 9.17) is 24.2 Å². The molecule has 0 radical (unpaired) electrons. The van der Waals surface area contributed by atoms with Crippen molar-refractivity contribution >= 4 is 51.2 Å². The van der Waals surface area contributed by atoms with E-state index in [0.717, 1.165) is 5.13 Å². The maximum absolute atomic E-state index is 14.5. The van der Waals surface area contributed by atoms with Crippen molar-refractivity contribution in [3.05, 3.63) is 42.3 Å². The Bertz CT molecular complexity index is 1900. The molecule has 1 saturated heterocycles. The lowest BCUT2D eigenvalue weighted by atomic mass is 9.85. The molecule has 2 fully saturated rings. The molecule has 1 unspecified atom stereocenters. The number of likely N-dealkylation sites (tertiary alicyclic amines) is 1. The molecule has 15 heteroatoms. The van der Waals surface area contributed by atoms with Gasteiger partial charge in [-0.2, -0.15) is 0 Å². The van der Waals surface area contributed by atoms with Gasteiger partial charge in [0.2, 0.25) is 11.8 Å². The number of hydrogen-bond donors (Lipinski definition) is 4. The summed E-state index contributed by atoms with van der Waals surface area (Å²) in [5, 5.41) is 22.1. The molecule has 0 spiro atoms. The van der Waals surface area contributed by atoms with E-state index in [1.54, 1.807) is 66.9 Å². The predicted octanol–water partition coefficient (Wildman–Crippen LogP) is 5.62. The third kappa shape index (κ3) is 8.83. The zero-order chi connectivity index (χ0) is 39.0. The Balaban J connectivity index is 1.51. The number of rotatable bonds is 12. The molecule has 3 heterocycles. The molecule has 4 N–H and O–H groups in total. The third-order valence-electron chi connectivity index (χ3n) is 9.10. The monoisotopic (exact) mass is 750 g/mol. The minimum atomic E-state index is -1.52. The Hall–Kier alpha value is -4.92. The number of alkyl carbamates (subject to hydrolysis) is 1. The molecule has 0 bridgehead atoms. The molecule has 5 rings (SSSR count). The number of hydrogen-bond acceptors (Lipinski definition) is 11. The first-order valence-corrected chi connectivity index (χ1v) is 18.5. The maximum Gasteiger partial charge on any atom is 0.408 e. The number of fused-ring (bicyclic) bond motifs is 1. The highest BCUT2D eigenvalue weighted by Crippen LogP contribution is 2.45. The second kappa shape index (κ2) is 14.8. The van der Waals surface area contributed by atoms with Crippen molar-refractivity contribution in [3.63, 3.8) is 0 Å². The lowest BCUT2D eigenvalue weighted by Crippen LogP contribution is -2.59. The van der Waals surface area contributed by atoms with Crippen LogP contribution in [0.15, 0.2) is 42.3 Å². The zero-order valence-electron chi connectivity index (χ0n) is 31.7. The largest absolute Gasteiger partial charge is 0.497 e. The van der Waals surface area contributed by atoms with E-state index in [-0.39, 0.29) is 25.4 Å². The third-order valence-corrected chi connectivity index (χ3v) is 9.87. The molecule has 1 aliphatic carbocycles. The average molecular weight is 751 g/mol. The summed E-state index contributed by atoms with van der Waals surface area (Å²) < 4.78 is 17.6. The number of pyridine rings is 1. The Kier molecular flexibility index (Phi) is 11.0. The minimum absolute atomic E-state index is 0.0289. The molecule has 2 aromatic heterocycles. The van der Waals surface area contributed by atoms with Crippen LogP contribution in [0.2, 0.25) is 0 Å². The maximum atomic E-state index is 14.5. The van der Waals surface area contributed by atoms with Gasteiger partial charge in [-0.05, 0) is 58.6 Å². The Morgan fingerprint density at radius 2 is 1.81 bits per heavy atom. The summed E-state index contributed by atoms with van der Waals surface area (Å²) in [4.78, 5) is 64.8. The van der Waals surface area contributed by atoms with Gasteiger partial charge in [-0.15, -0.1) is 17.9 Å². The second-order valence-electron chi connectivity index (χ2n) is 16.0. The lowest BCUT2D eigenvalue weighted by molar-refractivity contribution is -0.146. The number of carbonyl (C=O) groups is 4. The van der Waals surface area contributed by atoms with E-state index < -0.39 is 64.5 Å². The number of carboxylic acid groups (broad SMARTS) is 1. The Morgan fingerprint density at radius 3 is 2.40 bits per heavy atom. The van der Waals surface area contributed by atoms with E-state index in [1.807, 2.05) is 25.3 Å². The Morgan fingerprint density at radius 1 is 1.09 bits per heavy atom. The van der Waals surface area contributed by atoms with Crippen LogP contribution in [0.3, 0.4) is 0 Å². The van der Waals surface area contributed by atoms with Crippen LogP contribution in [0.4, 0.5) is 9.93 Å². The van der Waals surface area contributed by atoms with Crippen LogP contribution in [0.5, 0.6) is 11.5 Å². The first-order chi connectivity index (χ1) is 24.7. The van der Waals surface area contributed by atoms with E-state index in [0.29, 0.717) is 33.8 Å². The van der Waals surface area contributed by atoms with Gasteiger partial charge in [0.15, 0.2) is 5.13 Å². The number of aliphatic carboxylic acids is 1. The molecule has 286 valence electrons. The molecule has 1 aromatic carbocycles. The van der Waals surface area contributed by atoms with Crippen LogP contribution in [-0.4, -0.2) is 92.9 Å². The lowest BCUT2D eigenvalue weighted by Gasteiger charge is -2.35. The van der Waals surface area contributed by atoms with Gasteiger partial charge < -0.3 is 40.2 Å². The van der Waals surface area contributed by atoms with Crippen molar-refractivity contribution in [2.24, 2.45) is 11.3 Å². The molecule has 2 aliphatic rings. The molecule has 3 amide bonds. The summed E-state index contributed by atoms with van der Waals surface area (Å²) >= 11 is 1.45. The number of amides is 3. The van der Waals surface area contributed by atoms with Crippen molar-refractivity contribution in [1.29, 1.82) is 0 Å². The van der Waals surface area contributed by atoms with Crippen LogP contribution >= 0.6 is 11.3 Å². The van der Waals surface area contributed by atoms with Gasteiger partial charge in [0.25, 0.3) is 0 Å². The fourth-order valence-electron chi connectivity index (χ4n) is 6.35. The number of thiazole rings is 1. The summed E-state index contributed by atoms with van der Waals surface area (Å²) in [6.07, 6.45) is 0.244. The fraction of sp³-hybridized carbons (Fsp3) is 0.526. The second-order valence-corrected chi connectivity index (χ2v) is 16.8. The highest BCUT2D eigenvalue weighted by molar-refractivity contribution is 7.14. The first kappa shape index (κ1) is 39.3. The minimum Gasteiger partial charge on any atom is -0.497 e. The quantitative estimate of drug-likeness (QED) is 0.169. The molecule has 5 atom stereocenters. The number of anilines is 1. The normalized spacial score (nSPS) is 21.8. The number of aromatic nitrogens is 2. The van der Waals surface area contributed by atoms with E-state index >= 15 is 0 Å². The number of benzene rings is 1. The van der Waals surface area contributed by atoms with Crippen LogP contribution in [0, 0.1) is 11.3 Å². The van der Waals surface area contributed by atoms with Crippen molar-refractivity contribution in [2.75, 3.05) is 19.0 Å². The van der Waals surface area contributed by atoms with Gasteiger partial charge >= 0.3 is 12.1 Å². The summed E-state index contributed by atoms with van der Waals surface area (Å²) in [5.74, 6) is -1.77. The topological polar surface area (TPSA) is 181 Å². The number of carboxylic acids is 1. The van der Waals surface area contributed by atoms with Crippen LogP contribution in [0.25, 0.3) is 22.3 Å². The number of nitrogens with zero attached hydrogens (tertiary/aromatic N) is 3.